The van der Waals surface area contributed by atoms with E-state index in [2.05, 4.69) is 30.8 Å². The largest absolute Gasteiger partial charge is 0.391 e. The number of carbonyl (C=O) groups excluding carboxylic acids is 1. The van der Waals surface area contributed by atoms with Crippen molar-refractivity contribution in [3.8, 4) is 0 Å². The van der Waals surface area contributed by atoms with E-state index in [0.29, 0.717) is 13.1 Å². The Morgan fingerprint density at radius 1 is 1.22 bits per heavy atom. The van der Waals surface area contributed by atoms with Crippen molar-refractivity contribution in [2.75, 3.05) is 32.7 Å². The molecule has 1 amide bonds. The summed E-state index contributed by atoms with van der Waals surface area (Å²) in [6, 6.07) is 1.87. The first kappa shape index (κ1) is 17.9. The molecule has 0 spiro atoms. The predicted octanol–water partition coefficient (Wildman–Crippen LogP) is 1.07. The van der Waals surface area contributed by atoms with E-state index in [-0.39, 0.29) is 23.3 Å². The highest BCUT2D eigenvalue weighted by Gasteiger charge is 2.29. The Morgan fingerprint density at radius 3 is 2.39 bits per heavy atom. The zero-order valence-corrected chi connectivity index (χ0v) is 14.8. The van der Waals surface area contributed by atoms with Crippen molar-refractivity contribution in [2.24, 2.45) is 11.3 Å². The maximum absolute atomic E-state index is 12.5. The van der Waals surface area contributed by atoms with E-state index in [9.17, 15) is 9.90 Å². The second-order valence-corrected chi connectivity index (χ2v) is 7.64. The molecule has 0 radical (unpaired) electrons. The third-order valence-electron chi connectivity index (χ3n) is 4.56. The fraction of sp³-hybridized carbons (Fsp3) is 0.765. The van der Waals surface area contributed by atoms with E-state index in [4.69, 9.17) is 0 Å². The molecule has 1 aromatic heterocycles. The van der Waals surface area contributed by atoms with Crippen LogP contribution >= 0.6 is 0 Å². The smallest absolute Gasteiger partial charge is 0.227 e. The van der Waals surface area contributed by atoms with Gasteiger partial charge in [-0.2, -0.15) is 5.10 Å². The number of aliphatic hydroxyl groups is 1. The molecule has 2 heterocycles. The molecule has 1 N–H and O–H groups in total. The summed E-state index contributed by atoms with van der Waals surface area (Å²) in [6.07, 6.45) is 3.27. The lowest BCUT2D eigenvalue weighted by Crippen LogP contribution is -2.52. The van der Waals surface area contributed by atoms with Gasteiger partial charge in [0, 0.05) is 45.1 Å². The molecule has 2 unspecified atom stereocenters. The van der Waals surface area contributed by atoms with Crippen molar-refractivity contribution in [1.82, 2.24) is 19.6 Å². The summed E-state index contributed by atoms with van der Waals surface area (Å²) in [4.78, 5) is 16.7. The first-order valence-corrected chi connectivity index (χ1v) is 8.44. The fourth-order valence-corrected chi connectivity index (χ4v) is 2.75. The zero-order valence-electron chi connectivity index (χ0n) is 14.8. The number of piperazine rings is 1. The molecule has 2 rings (SSSR count). The Hall–Kier alpha value is -1.40. The highest BCUT2D eigenvalue weighted by molar-refractivity contribution is 5.78. The van der Waals surface area contributed by atoms with Crippen LogP contribution in [0.1, 0.15) is 27.7 Å². The molecular weight excluding hydrogens is 292 g/mol. The van der Waals surface area contributed by atoms with E-state index >= 15 is 0 Å². The van der Waals surface area contributed by atoms with Gasteiger partial charge in [0.05, 0.1) is 18.6 Å². The Kier molecular flexibility index (Phi) is 5.81. The van der Waals surface area contributed by atoms with Crippen LogP contribution in [0, 0.1) is 11.3 Å². The number of hydrogen-bond acceptors (Lipinski definition) is 4. The van der Waals surface area contributed by atoms with Gasteiger partial charge < -0.3 is 10.0 Å². The third kappa shape index (κ3) is 5.04. The van der Waals surface area contributed by atoms with Crippen LogP contribution in [0.2, 0.25) is 0 Å². The van der Waals surface area contributed by atoms with E-state index in [1.165, 1.54) is 0 Å². The van der Waals surface area contributed by atoms with Gasteiger partial charge in [0.1, 0.15) is 0 Å². The van der Waals surface area contributed by atoms with Crippen LogP contribution in [0.15, 0.2) is 18.5 Å². The first-order chi connectivity index (χ1) is 10.8. The summed E-state index contributed by atoms with van der Waals surface area (Å²) >= 11 is 0. The van der Waals surface area contributed by atoms with Gasteiger partial charge in [-0.15, -0.1) is 0 Å². The van der Waals surface area contributed by atoms with Crippen molar-refractivity contribution in [2.45, 2.75) is 40.3 Å². The Labute approximate surface area is 139 Å². The van der Waals surface area contributed by atoms with Gasteiger partial charge in [-0.1, -0.05) is 27.7 Å². The van der Waals surface area contributed by atoms with Crippen molar-refractivity contribution in [3.05, 3.63) is 18.5 Å². The third-order valence-corrected chi connectivity index (χ3v) is 4.56. The molecule has 6 heteroatoms. The standard InChI is InChI=1S/C17H30N4O2/c1-14(12-21-7-5-6-18-21)16(23)20-10-8-19(9-11-20)13-15(22)17(2,3)4/h5-7,14-15,22H,8-13H2,1-4H3. The maximum Gasteiger partial charge on any atom is 0.227 e. The molecule has 1 fully saturated rings. The number of hydrogen-bond donors (Lipinski definition) is 1. The van der Waals surface area contributed by atoms with Gasteiger partial charge in [-0.25, -0.2) is 0 Å². The quantitative estimate of drug-likeness (QED) is 0.881. The number of aromatic nitrogens is 2. The first-order valence-electron chi connectivity index (χ1n) is 8.44. The van der Waals surface area contributed by atoms with Crippen LogP contribution in [-0.4, -0.2) is 69.4 Å². The summed E-state index contributed by atoms with van der Waals surface area (Å²) < 4.78 is 1.80. The second kappa shape index (κ2) is 7.45. The average molecular weight is 322 g/mol. The number of rotatable bonds is 5. The molecule has 0 saturated carbocycles. The number of nitrogens with zero attached hydrogens (tertiary/aromatic N) is 4. The highest BCUT2D eigenvalue weighted by atomic mass is 16.3. The van der Waals surface area contributed by atoms with Crippen molar-refractivity contribution in [1.29, 1.82) is 0 Å². The number of carbonyl (C=O) groups is 1. The van der Waals surface area contributed by atoms with Crippen LogP contribution in [0.4, 0.5) is 0 Å². The molecule has 6 nitrogen and oxygen atoms in total. The normalized spacial score (nSPS) is 19.6. The predicted molar refractivity (Wildman–Crippen MR) is 89.9 cm³/mol. The molecule has 0 aromatic carbocycles. The van der Waals surface area contributed by atoms with Gasteiger partial charge >= 0.3 is 0 Å². The number of aliphatic hydroxyl groups excluding tert-OH is 1. The molecule has 23 heavy (non-hydrogen) atoms. The van der Waals surface area contributed by atoms with Gasteiger partial charge in [0.15, 0.2) is 0 Å². The molecule has 0 bridgehead atoms. The summed E-state index contributed by atoms with van der Waals surface area (Å²) in [5, 5.41) is 14.4. The maximum atomic E-state index is 12.5. The van der Waals surface area contributed by atoms with Crippen LogP contribution in [0.3, 0.4) is 0 Å². The Bertz CT molecular complexity index is 487. The summed E-state index contributed by atoms with van der Waals surface area (Å²) in [5.41, 5.74) is -0.106. The Morgan fingerprint density at radius 2 is 1.87 bits per heavy atom. The minimum atomic E-state index is -0.344. The van der Waals surface area contributed by atoms with Gasteiger partial charge in [-0.3, -0.25) is 14.4 Å². The second-order valence-electron chi connectivity index (χ2n) is 7.64. The molecule has 0 aliphatic carbocycles. The summed E-state index contributed by atoms with van der Waals surface area (Å²) in [5.74, 6) is 0.123. The highest BCUT2D eigenvalue weighted by Crippen LogP contribution is 2.20. The van der Waals surface area contributed by atoms with E-state index in [1.54, 1.807) is 10.9 Å². The zero-order chi connectivity index (χ0) is 17.0. The van der Waals surface area contributed by atoms with Crippen LogP contribution in [0.5, 0.6) is 0 Å². The molecule has 130 valence electrons. The lowest BCUT2D eigenvalue weighted by Gasteiger charge is -2.38. The van der Waals surface area contributed by atoms with Crippen molar-refractivity contribution < 1.29 is 9.90 Å². The summed E-state index contributed by atoms with van der Waals surface area (Å²) in [7, 11) is 0. The van der Waals surface area contributed by atoms with Gasteiger partial charge in [0.2, 0.25) is 5.91 Å². The molecule has 1 aliphatic heterocycles. The number of β-amino-alcohol motifs (C(OH)–C–C–N with tert-alkyl or cyclic N) is 1. The van der Waals surface area contributed by atoms with E-state index in [0.717, 1.165) is 26.2 Å². The minimum Gasteiger partial charge on any atom is -0.391 e. The molecule has 1 aliphatic rings. The molecule has 2 atom stereocenters. The van der Waals surface area contributed by atoms with E-state index < -0.39 is 0 Å². The topological polar surface area (TPSA) is 61.6 Å². The van der Waals surface area contributed by atoms with Crippen LogP contribution in [-0.2, 0) is 11.3 Å². The van der Waals surface area contributed by atoms with Crippen LogP contribution < -0.4 is 0 Å². The van der Waals surface area contributed by atoms with Gasteiger partial charge in [-0.05, 0) is 11.5 Å². The summed E-state index contributed by atoms with van der Waals surface area (Å²) in [6.45, 7) is 12.5. The average Bonchev–Trinajstić information content (AvgIpc) is 2.99. The lowest BCUT2D eigenvalue weighted by molar-refractivity contribution is -0.137. The number of amides is 1. The molecule has 1 aromatic rings. The fourth-order valence-electron chi connectivity index (χ4n) is 2.75. The molecular formula is C17H30N4O2. The van der Waals surface area contributed by atoms with Crippen molar-refractivity contribution in [3.63, 3.8) is 0 Å². The lowest BCUT2D eigenvalue weighted by atomic mass is 9.89. The Balaban J connectivity index is 1.78. The van der Waals surface area contributed by atoms with E-state index in [1.807, 2.05) is 24.1 Å². The monoisotopic (exact) mass is 322 g/mol. The SMILES string of the molecule is CC(Cn1cccn1)C(=O)N1CCN(CC(O)C(C)(C)C)CC1. The minimum absolute atomic E-state index is 0.0679. The molecule has 1 saturated heterocycles. The van der Waals surface area contributed by atoms with Crippen molar-refractivity contribution >= 4 is 5.91 Å². The van der Waals surface area contributed by atoms with Gasteiger partial charge in [0.25, 0.3) is 0 Å². The van der Waals surface area contributed by atoms with Crippen LogP contribution in [0.25, 0.3) is 0 Å².